The molecule has 0 radical (unpaired) electrons. The van der Waals surface area contributed by atoms with Gasteiger partial charge in [0.25, 0.3) is 0 Å². The number of rotatable bonds is 2. The first-order chi connectivity index (χ1) is 7.95. The van der Waals surface area contributed by atoms with Gasteiger partial charge >= 0.3 is 0 Å². The van der Waals surface area contributed by atoms with Gasteiger partial charge in [0.05, 0.1) is 0 Å². The molecule has 0 amide bonds. The maximum atomic E-state index is 4.13. The number of benzene rings is 1. The molecule has 0 saturated heterocycles. The lowest BCUT2D eigenvalue weighted by molar-refractivity contribution is 0.667. The summed E-state index contributed by atoms with van der Waals surface area (Å²) in [4.78, 5) is 0. The van der Waals surface area contributed by atoms with Crippen LogP contribution in [-0.2, 0) is 0 Å². The molecule has 3 rings (SSSR count). The number of nitrogens with zero attached hydrogens (tertiary/aromatic N) is 4. The van der Waals surface area contributed by atoms with E-state index in [1.54, 1.807) is 6.33 Å². The van der Waals surface area contributed by atoms with Gasteiger partial charge in [0.2, 0.25) is 0 Å². The van der Waals surface area contributed by atoms with E-state index >= 15 is 0 Å². The summed E-state index contributed by atoms with van der Waals surface area (Å²) in [5.74, 6) is 0.830. The van der Waals surface area contributed by atoms with Gasteiger partial charge in [0.1, 0.15) is 6.33 Å². The van der Waals surface area contributed by atoms with E-state index in [0.717, 1.165) is 11.4 Å². The van der Waals surface area contributed by atoms with Crippen LogP contribution in [0.25, 0.3) is 11.4 Å². The minimum absolute atomic E-state index is 0.830. The van der Waals surface area contributed by atoms with Gasteiger partial charge in [0, 0.05) is 18.0 Å². The second-order valence-electron chi connectivity index (χ2n) is 3.43. The van der Waals surface area contributed by atoms with E-state index in [1.165, 1.54) is 0 Å². The van der Waals surface area contributed by atoms with Gasteiger partial charge in [-0.1, -0.05) is 30.3 Å². The van der Waals surface area contributed by atoms with Gasteiger partial charge in [-0.05, 0) is 12.1 Å². The van der Waals surface area contributed by atoms with Crippen molar-refractivity contribution in [3.63, 3.8) is 0 Å². The van der Waals surface area contributed by atoms with Crippen LogP contribution in [0.15, 0.2) is 61.2 Å². The number of hydrogen-bond acceptors (Lipinski definition) is 2. The molecule has 78 valence electrons. The maximum absolute atomic E-state index is 4.13. The highest BCUT2D eigenvalue weighted by atomic mass is 15.5. The molecule has 2 aromatic heterocycles. The van der Waals surface area contributed by atoms with Gasteiger partial charge in [-0.2, -0.15) is 0 Å². The molecule has 0 spiro atoms. The lowest BCUT2D eigenvalue weighted by Gasteiger charge is -2.06. The molecular weight excluding hydrogens is 200 g/mol. The first-order valence-corrected chi connectivity index (χ1v) is 5.04. The van der Waals surface area contributed by atoms with Crippen molar-refractivity contribution in [1.29, 1.82) is 0 Å². The van der Waals surface area contributed by atoms with Gasteiger partial charge in [-0.15, -0.1) is 10.2 Å². The first-order valence-electron chi connectivity index (χ1n) is 5.04. The highest BCUT2D eigenvalue weighted by Gasteiger charge is 2.06. The van der Waals surface area contributed by atoms with Crippen molar-refractivity contribution in [3.05, 3.63) is 61.2 Å². The third-order valence-corrected chi connectivity index (χ3v) is 2.40. The first kappa shape index (κ1) is 8.91. The quantitative estimate of drug-likeness (QED) is 0.649. The second-order valence-corrected chi connectivity index (χ2v) is 3.43. The van der Waals surface area contributed by atoms with E-state index in [9.17, 15) is 0 Å². The molecule has 0 unspecified atom stereocenters. The monoisotopic (exact) mass is 210 g/mol. The van der Waals surface area contributed by atoms with Gasteiger partial charge < -0.3 is 0 Å². The van der Waals surface area contributed by atoms with Crippen LogP contribution in [0.3, 0.4) is 0 Å². The molecule has 0 aliphatic heterocycles. The fourth-order valence-electron chi connectivity index (χ4n) is 1.65. The molecule has 0 N–H and O–H groups in total. The standard InChI is InChI=1S/C12H10N4/c1-2-6-11(7-3-1)12-14-13-10-16(12)15-8-4-5-9-15/h1-10H. The molecule has 0 aliphatic carbocycles. The van der Waals surface area contributed by atoms with E-state index in [4.69, 9.17) is 0 Å². The Morgan fingerprint density at radius 1 is 0.875 bits per heavy atom. The van der Waals surface area contributed by atoms with Crippen molar-refractivity contribution in [2.24, 2.45) is 0 Å². The SMILES string of the molecule is c1ccc(-c2nncn2-n2cccc2)cc1. The topological polar surface area (TPSA) is 35.6 Å². The Balaban J connectivity index is 2.14. The van der Waals surface area contributed by atoms with Crippen LogP contribution in [0.5, 0.6) is 0 Å². The summed E-state index contributed by atoms with van der Waals surface area (Å²) in [6.07, 6.45) is 5.61. The highest BCUT2D eigenvalue weighted by molar-refractivity contribution is 5.54. The normalized spacial score (nSPS) is 10.5. The molecule has 1 aromatic carbocycles. The predicted octanol–water partition coefficient (Wildman–Crippen LogP) is 2.06. The zero-order valence-corrected chi connectivity index (χ0v) is 8.56. The molecule has 0 bridgehead atoms. The summed E-state index contributed by atoms with van der Waals surface area (Å²) in [6, 6.07) is 13.9. The Labute approximate surface area is 92.8 Å². The smallest absolute Gasteiger partial charge is 0.183 e. The minimum atomic E-state index is 0.830. The van der Waals surface area contributed by atoms with E-state index in [1.807, 2.05) is 64.2 Å². The average molecular weight is 210 g/mol. The molecule has 16 heavy (non-hydrogen) atoms. The third-order valence-electron chi connectivity index (χ3n) is 2.40. The second kappa shape index (κ2) is 3.66. The van der Waals surface area contributed by atoms with E-state index in [0.29, 0.717) is 0 Å². The molecule has 3 aromatic rings. The minimum Gasteiger partial charge on any atom is -0.261 e. The summed E-state index contributed by atoms with van der Waals surface area (Å²) in [5, 5.41) is 8.08. The molecule has 0 fully saturated rings. The lowest BCUT2D eigenvalue weighted by Crippen LogP contribution is -2.06. The summed E-state index contributed by atoms with van der Waals surface area (Å²) in [7, 11) is 0. The van der Waals surface area contributed by atoms with Crippen LogP contribution in [0.2, 0.25) is 0 Å². The molecule has 0 atom stereocenters. The van der Waals surface area contributed by atoms with Gasteiger partial charge in [-0.25, -0.2) is 4.68 Å². The molecule has 2 heterocycles. The predicted molar refractivity (Wildman–Crippen MR) is 60.7 cm³/mol. The summed E-state index contributed by atoms with van der Waals surface area (Å²) in [6.45, 7) is 0. The van der Waals surface area contributed by atoms with Gasteiger partial charge in [-0.3, -0.25) is 4.68 Å². The molecule has 0 saturated carbocycles. The Morgan fingerprint density at radius 3 is 2.38 bits per heavy atom. The fraction of sp³-hybridized carbons (Fsp3) is 0. The van der Waals surface area contributed by atoms with Crippen molar-refractivity contribution in [1.82, 2.24) is 19.5 Å². The highest BCUT2D eigenvalue weighted by Crippen LogP contribution is 2.15. The van der Waals surface area contributed by atoms with Crippen LogP contribution >= 0.6 is 0 Å². The van der Waals surface area contributed by atoms with Crippen LogP contribution in [-0.4, -0.2) is 19.5 Å². The lowest BCUT2D eigenvalue weighted by atomic mass is 10.2. The average Bonchev–Trinajstić information content (AvgIpc) is 3.01. The molecule has 0 aliphatic rings. The number of aromatic nitrogens is 4. The molecular formula is C12H10N4. The van der Waals surface area contributed by atoms with Crippen molar-refractivity contribution in [2.75, 3.05) is 0 Å². The molecule has 4 nitrogen and oxygen atoms in total. The zero-order valence-electron chi connectivity index (χ0n) is 8.56. The van der Waals surface area contributed by atoms with Crippen LogP contribution < -0.4 is 0 Å². The Morgan fingerprint density at radius 2 is 1.62 bits per heavy atom. The summed E-state index contributed by atoms with van der Waals surface area (Å²) in [5.41, 5.74) is 1.05. The summed E-state index contributed by atoms with van der Waals surface area (Å²) >= 11 is 0. The summed E-state index contributed by atoms with van der Waals surface area (Å²) < 4.78 is 3.83. The Kier molecular flexibility index (Phi) is 2.04. The Bertz CT molecular complexity index is 566. The van der Waals surface area contributed by atoms with E-state index in [2.05, 4.69) is 10.2 Å². The zero-order chi connectivity index (χ0) is 10.8. The van der Waals surface area contributed by atoms with E-state index in [-0.39, 0.29) is 0 Å². The van der Waals surface area contributed by atoms with E-state index < -0.39 is 0 Å². The van der Waals surface area contributed by atoms with Crippen molar-refractivity contribution in [2.45, 2.75) is 0 Å². The van der Waals surface area contributed by atoms with Crippen molar-refractivity contribution < 1.29 is 0 Å². The largest absolute Gasteiger partial charge is 0.261 e. The van der Waals surface area contributed by atoms with Crippen LogP contribution in [0.4, 0.5) is 0 Å². The molecule has 4 heteroatoms. The fourth-order valence-corrected chi connectivity index (χ4v) is 1.65. The third kappa shape index (κ3) is 1.40. The van der Waals surface area contributed by atoms with Gasteiger partial charge in [0.15, 0.2) is 5.82 Å². The number of hydrogen-bond donors (Lipinski definition) is 0. The maximum Gasteiger partial charge on any atom is 0.183 e. The van der Waals surface area contributed by atoms with Crippen molar-refractivity contribution in [3.8, 4) is 11.4 Å². The Hall–Kier alpha value is -2.36. The van der Waals surface area contributed by atoms with Crippen molar-refractivity contribution >= 4 is 0 Å². The van der Waals surface area contributed by atoms with Crippen LogP contribution in [0.1, 0.15) is 0 Å². The van der Waals surface area contributed by atoms with Crippen LogP contribution in [0, 0.1) is 0 Å².